The van der Waals surface area contributed by atoms with E-state index in [1.165, 1.54) is 0 Å². The molecule has 0 amide bonds. The average Bonchev–Trinajstić information content (AvgIpc) is 3.00. The van der Waals surface area contributed by atoms with E-state index in [1.807, 2.05) is 36.0 Å². The molecule has 6 nitrogen and oxygen atoms in total. The lowest BCUT2D eigenvalue weighted by atomic mass is 10.1. The van der Waals surface area contributed by atoms with Crippen molar-refractivity contribution in [3.63, 3.8) is 0 Å². The monoisotopic (exact) mass is 329 g/mol. The molecule has 0 saturated heterocycles. The largest absolute Gasteiger partial charge is 0.492 e. The molecule has 0 N–H and O–H groups in total. The molecule has 0 bridgehead atoms. The fraction of sp³-hybridized carbons (Fsp3) is 0.389. The predicted molar refractivity (Wildman–Crippen MR) is 91.4 cm³/mol. The molecule has 1 aromatic heterocycles. The van der Waals surface area contributed by atoms with Crippen molar-refractivity contribution in [2.45, 2.75) is 20.8 Å². The number of hydrogen-bond donors (Lipinski definition) is 0. The van der Waals surface area contributed by atoms with Crippen LogP contribution in [0.4, 0.5) is 0 Å². The number of carbonyl (C=O) groups excluding carboxylic acids is 1. The van der Waals surface area contributed by atoms with Crippen molar-refractivity contribution >= 4 is 6.47 Å². The van der Waals surface area contributed by atoms with Crippen molar-refractivity contribution in [3.05, 3.63) is 36.3 Å². The summed E-state index contributed by atoms with van der Waals surface area (Å²) in [6.45, 7) is 7.43. The van der Waals surface area contributed by atoms with Crippen LogP contribution in [0.25, 0.3) is 11.3 Å². The van der Waals surface area contributed by atoms with Crippen LogP contribution in [0.5, 0.6) is 5.75 Å². The van der Waals surface area contributed by atoms with Crippen molar-refractivity contribution in [2.24, 2.45) is 13.0 Å². The molecule has 0 fully saturated rings. The highest BCUT2D eigenvalue weighted by molar-refractivity contribution is 5.63. The number of aromatic nitrogens is 2. The molecule has 6 heteroatoms. The number of nitrogens with zero attached hydrogens (tertiary/aromatic N) is 3. The van der Waals surface area contributed by atoms with Gasteiger partial charge in [-0.05, 0) is 31.0 Å². The van der Waals surface area contributed by atoms with Crippen LogP contribution in [0.2, 0.25) is 0 Å². The van der Waals surface area contributed by atoms with E-state index in [9.17, 15) is 10.1 Å². The van der Waals surface area contributed by atoms with Crippen molar-refractivity contribution in [2.75, 3.05) is 13.2 Å². The van der Waals surface area contributed by atoms with E-state index in [0.717, 1.165) is 11.3 Å². The molecular formula is C18H23N3O3. The van der Waals surface area contributed by atoms with E-state index >= 15 is 0 Å². The molecule has 2 aromatic rings. The Bertz CT molecular complexity index is 687. The topological polar surface area (TPSA) is 77.1 Å². The minimum Gasteiger partial charge on any atom is -0.492 e. The second kappa shape index (κ2) is 10.1. The first-order valence-corrected chi connectivity index (χ1v) is 7.72. The third kappa shape index (κ3) is 6.13. The summed E-state index contributed by atoms with van der Waals surface area (Å²) in [6.07, 6.45) is 3.66. The molecule has 0 spiro atoms. The molecule has 0 saturated carbocycles. The van der Waals surface area contributed by atoms with Crippen LogP contribution < -0.4 is 4.74 Å². The van der Waals surface area contributed by atoms with Gasteiger partial charge in [0.25, 0.3) is 6.47 Å². The smallest absolute Gasteiger partial charge is 0.293 e. The maximum absolute atomic E-state index is 9.20. The van der Waals surface area contributed by atoms with Crippen molar-refractivity contribution < 1.29 is 14.3 Å². The molecule has 2 rings (SSSR count). The number of rotatable bonds is 6. The van der Waals surface area contributed by atoms with Gasteiger partial charge in [-0.15, -0.1) is 0 Å². The fourth-order valence-corrected chi connectivity index (χ4v) is 1.79. The van der Waals surface area contributed by atoms with Crippen molar-refractivity contribution in [3.8, 4) is 23.1 Å². The van der Waals surface area contributed by atoms with Gasteiger partial charge in [0, 0.05) is 18.8 Å². The van der Waals surface area contributed by atoms with Gasteiger partial charge in [0.2, 0.25) is 0 Å². The molecule has 0 unspecified atom stereocenters. The standard InChI is InChI=1S/C15H17N3O.C3H6O2/c1-11(2)9-19-15-5-4-12(6-13(15)7-16)14-8-18(3)10-17-14;1-2-5-3-4/h4-6,8,10-11H,9H2,1-3H3;3H,2H2,1H3. The lowest BCUT2D eigenvalue weighted by Crippen LogP contribution is -2.05. The van der Waals surface area contributed by atoms with E-state index in [4.69, 9.17) is 4.74 Å². The van der Waals surface area contributed by atoms with Gasteiger partial charge in [-0.1, -0.05) is 13.8 Å². The van der Waals surface area contributed by atoms with Crippen molar-refractivity contribution in [1.82, 2.24) is 9.55 Å². The van der Waals surface area contributed by atoms with Crippen LogP contribution in [-0.2, 0) is 16.6 Å². The first-order valence-electron chi connectivity index (χ1n) is 7.72. The first-order chi connectivity index (χ1) is 11.5. The zero-order valence-corrected chi connectivity index (χ0v) is 14.5. The van der Waals surface area contributed by atoms with Gasteiger partial charge in [0.1, 0.15) is 11.8 Å². The number of hydrogen-bond acceptors (Lipinski definition) is 5. The summed E-state index contributed by atoms with van der Waals surface area (Å²) < 4.78 is 11.7. The second-order valence-corrected chi connectivity index (χ2v) is 5.50. The van der Waals surface area contributed by atoms with Gasteiger partial charge in [0.05, 0.1) is 30.8 Å². The minimum absolute atomic E-state index is 0.431. The third-order valence-corrected chi connectivity index (χ3v) is 2.91. The summed E-state index contributed by atoms with van der Waals surface area (Å²) in [5.74, 6) is 1.07. The molecule has 0 atom stereocenters. The summed E-state index contributed by atoms with van der Waals surface area (Å²) in [5, 5.41) is 9.20. The molecule has 0 radical (unpaired) electrons. The lowest BCUT2D eigenvalue weighted by Gasteiger charge is -2.10. The Morgan fingerprint density at radius 2 is 2.17 bits per heavy atom. The quantitative estimate of drug-likeness (QED) is 0.761. The summed E-state index contributed by atoms with van der Waals surface area (Å²) in [6, 6.07) is 7.76. The minimum atomic E-state index is 0.431. The Morgan fingerprint density at radius 1 is 1.42 bits per heavy atom. The zero-order chi connectivity index (χ0) is 17.9. The molecule has 0 aliphatic heterocycles. The Hall–Kier alpha value is -2.81. The SMILES string of the molecule is CC(C)COc1ccc(-c2cn(C)cn2)cc1C#N.CCOC=O. The number of carbonyl (C=O) groups is 1. The summed E-state index contributed by atoms with van der Waals surface area (Å²) in [4.78, 5) is 13.5. The van der Waals surface area contributed by atoms with Crippen molar-refractivity contribution in [1.29, 1.82) is 5.26 Å². The summed E-state index contributed by atoms with van der Waals surface area (Å²) >= 11 is 0. The Kier molecular flexibility index (Phi) is 8.06. The highest BCUT2D eigenvalue weighted by Gasteiger charge is 2.08. The second-order valence-electron chi connectivity index (χ2n) is 5.50. The fourth-order valence-electron chi connectivity index (χ4n) is 1.79. The maximum atomic E-state index is 9.20. The van der Waals surface area contributed by atoms with E-state index in [2.05, 4.69) is 29.6 Å². The van der Waals surface area contributed by atoms with E-state index in [0.29, 0.717) is 36.9 Å². The Morgan fingerprint density at radius 3 is 2.62 bits per heavy atom. The van der Waals surface area contributed by atoms with E-state index in [-0.39, 0.29) is 0 Å². The first kappa shape index (κ1) is 19.2. The Balaban J connectivity index is 0.000000505. The summed E-state index contributed by atoms with van der Waals surface area (Å²) in [5.41, 5.74) is 2.33. The van der Waals surface area contributed by atoms with Gasteiger partial charge in [-0.25, -0.2) is 4.98 Å². The molecule has 24 heavy (non-hydrogen) atoms. The number of imidazole rings is 1. The number of aryl methyl sites for hydroxylation is 1. The molecule has 0 aliphatic carbocycles. The van der Waals surface area contributed by atoms with Gasteiger partial charge < -0.3 is 14.0 Å². The van der Waals surface area contributed by atoms with Crippen LogP contribution in [0.3, 0.4) is 0 Å². The molecule has 1 heterocycles. The number of ether oxygens (including phenoxy) is 2. The normalized spacial score (nSPS) is 9.67. The van der Waals surface area contributed by atoms with Gasteiger partial charge in [-0.2, -0.15) is 5.26 Å². The highest BCUT2D eigenvalue weighted by Crippen LogP contribution is 2.25. The molecule has 1 aromatic carbocycles. The molecule has 0 aliphatic rings. The lowest BCUT2D eigenvalue weighted by molar-refractivity contribution is -0.128. The van der Waals surface area contributed by atoms with Crippen LogP contribution in [-0.4, -0.2) is 29.2 Å². The van der Waals surface area contributed by atoms with Gasteiger partial charge in [-0.3, -0.25) is 4.79 Å². The van der Waals surface area contributed by atoms with Crippen LogP contribution in [0.15, 0.2) is 30.7 Å². The number of benzene rings is 1. The predicted octanol–water partition coefficient (Wildman–Crippen LogP) is 3.17. The molecule has 128 valence electrons. The van der Waals surface area contributed by atoms with Gasteiger partial charge >= 0.3 is 0 Å². The van der Waals surface area contributed by atoms with Crippen LogP contribution in [0.1, 0.15) is 26.3 Å². The van der Waals surface area contributed by atoms with E-state index in [1.54, 1.807) is 13.3 Å². The average molecular weight is 329 g/mol. The highest BCUT2D eigenvalue weighted by atomic mass is 16.5. The zero-order valence-electron chi connectivity index (χ0n) is 14.5. The van der Waals surface area contributed by atoms with E-state index < -0.39 is 0 Å². The third-order valence-electron chi connectivity index (χ3n) is 2.91. The van der Waals surface area contributed by atoms with Gasteiger partial charge in [0.15, 0.2) is 0 Å². The van der Waals surface area contributed by atoms with Crippen LogP contribution >= 0.6 is 0 Å². The number of nitriles is 1. The summed E-state index contributed by atoms with van der Waals surface area (Å²) in [7, 11) is 1.92. The molecular weight excluding hydrogens is 306 g/mol. The Labute approximate surface area is 142 Å². The maximum Gasteiger partial charge on any atom is 0.293 e. The van der Waals surface area contributed by atoms with Crippen LogP contribution in [0, 0.1) is 17.2 Å².